The van der Waals surface area contributed by atoms with Crippen LogP contribution in [-0.2, 0) is 26.7 Å². The summed E-state index contributed by atoms with van der Waals surface area (Å²) in [6, 6.07) is 18.3. The van der Waals surface area contributed by atoms with E-state index in [0.29, 0.717) is 23.1 Å². The van der Waals surface area contributed by atoms with Crippen molar-refractivity contribution in [1.29, 1.82) is 0 Å². The van der Waals surface area contributed by atoms with Crippen LogP contribution < -0.4 is 0 Å². The topological polar surface area (TPSA) is 27.7 Å². The molecule has 0 saturated carbocycles. The molecule has 4 aromatic rings. The van der Waals surface area contributed by atoms with Crippen LogP contribution in [0.1, 0.15) is 29.4 Å². The highest BCUT2D eigenvalue weighted by Gasteiger charge is 2.38. The summed E-state index contributed by atoms with van der Waals surface area (Å²) in [7, 11) is 0. The van der Waals surface area contributed by atoms with Crippen molar-refractivity contribution in [2.75, 3.05) is 13.2 Å². The molecule has 218 valence electrons. The van der Waals surface area contributed by atoms with E-state index < -0.39 is 41.8 Å². The number of halogens is 6. The summed E-state index contributed by atoms with van der Waals surface area (Å²) in [6.07, 6.45) is -2.08. The van der Waals surface area contributed by atoms with Crippen LogP contribution in [0, 0.1) is 23.3 Å². The lowest BCUT2D eigenvalue weighted by Crippen LogP contribution is -2.38. The van der Waals surface area contributed by atoms with Crippen LogP contribution in [-0.4, -0.2) is 19.3 Å². The fraction of sp³-hybridized carbons (Fsp3) is 0.212. The first kappa shape index (κ1) is 29.6. The third-order valence-corrected chi connectivity index (χ3v) is 6.89. The molecule has 0 unspecified atom stereocenters. The van der Waals surface area contributed by atoms with Crippen LogP contribution >= 0.6 is 0 Å². The van der Waals surface area contributed by atoms with Gasteiger partial charge in [-0.25, -0.2) is 17.6 Å². The van der Waals surface area contributed by atoms with Crippen molar-refractivity contribution < 1.29 is 40.6 Å². The SMILES string of the molecule is C=CCCc1ccc(C(F)(F)OC2COC(c3ccc(-c4ccc(-c5cc(F)c(F)c(F)c5)c(F)c4)cc3)OC2)cc1. The highest BCUT2D eigenvalue weighted by molar-refractivity contribution is 5.71. The second kappa shape index (κ2) is 12.5. The van der Waals surface area contributed by atoms with Gasteiger partial charge in [0.05, 0.1) is 18.8 Å². The second-order valence-corrected chi connectivity index (χ2v) is 9.85. The maximum Gasteiger partial charge on any atom is 0.383 e. The minimum atomic E-state index is -3.52. The molecule has 4 aromatic carbocycles. The zero-order valence-electron chi connectivity index (χ0n) is 22.3. The molecule has 1 aliphatic rings. The molecule has 0 spiro atoms. The van der Waals surface area contributed by atoms with Gasteiger partial charge < -0.3 is 14.2 Å². The molecule has 0 radical (unpaired) electrons. The predicted octanol–water partition coefficient (Wildman–Crippen LogP) is 8.88. The quantitative estimate of drug-likeness (QED) is 0.112. The maximum atomic E-state index is 14.8. The van der Waals surface area contributed by atoms with E-state index in [4.69, 9.17) is 14.2 Å². The van der Waals surface area contributed by atoms with E-state index in [1.165, 1.54) is 24.3 Å². The van der Waals surface area contributed by atoms with E-state index in [1.54, 1.807) is 48.5 Å². The van der Waals surface area contributed by atoms with Crippen molar-refractivity contribution in [1.82, 2.24) is 0 Å². The maximum absolute atomic E-state index is 14.8. The Morgan fingerprint density at radius 2 is 1.36 bits per heavy atom. The summed E-state index contributed by atoms with van der Waals surface area (Å²) < 4.78 is 101. The molecule has 42 heavy (non-hydrogen) atoms. The van der Waals surface area contributed by atoms with E-state index in [0.717, 1.165) is 24.1 Å². The van der Waals surface area contributed by atoms with Gasteiger partial charge in [-0.3, -0.25) is 0 Å². The molecule has 0 aliphatic carbocycles. The average molecular weight is 585 g/mol. The molecule has 0 N–H and O–H groups in total. The minimum absolute atomic E-state index is 0.0833. The smallest absolute Gasteiger partial charge is 0.346 e. The highest BCUT2D eigenvalue weighted by atomic mass is 19.3. The molecular weight excluding hydrogens is 558 g/mol. The fourth-order valence-electron chi connectivity index (χ4n) is 4.63. The van der Waals surface area contributed by atoms with Gasteiger partial charge in [0.1, 0.15) is 11.9 Å². The van der Waals surface area contributed by atoms with Crippen molar-refractivity contribution in [3.63, 3.8) is 0 Å². The number of ether oxygens (including phenoxy) is 3. The molecule has 3 nitrogen and oxygen atoms in total. The van der Waals surface area contributed by atoms with Gasteiger partial charge in [-0.15, -0.1) is 6.58 Å². The fourth-order valence-corrected chi connectivity index (χ4v) is 4.63. The Morgan fingerprint density at radius 1 is 0.762 bits per heavy atom. The van der Waals surface area contributed by atoms with E-state index in [-0.39, 0.29) is 29.9 Å². The number of hydrogen-bond donors (Lipinski definition) is 0. The van der Waals surface area contributed by atoms with Crippen LogP contribution in [0.3, 0.4) is 0 Å². The first-order valence-corrected chi connectivity index (χ1v) is 13.2. The van der Waals surface area contributed by atoms with Crippen molar-refractivity contribution in [2.45, 2.75) is 31.3 Å². The molecular formula is C33H26F6O3. The molecule has 9 heteroatoms. The van der Waals surface area contributed by atoms with Crippen LogP contribution in [0.25, 0.3) is 22.3 Å². The zero-order chi connectivity index (χ0) is 29.9. The van der Waals surface area contributed by atoms with Gasteiger partial charge in [0.25, 0.3) is 0 Å². The Bertz CT molecular complexity index is 1520. The number of allylic oxidation sites excluding steroid dienone is 1. The molecule has 0 amide bonds. The number of benzene rings is 4. The summed E-state index contributed by atoms with van der Waals surface area (Å²) >= 11 is 0. The zero-order valence-corrected chi connectivity index (χ0v) is 22.3. The third kappa shape index (κ3) is 6.59. The van der Waals surface area contributed by atoms with Crippen molar-refractivity contribution in [3.8, 4) is 22.3 Å². The molecule has 0 bridgehead atoms. The van der Waals surface area contributed by atoms with Gasteiger partial charge in [0.15, 0.2) is 23.7 Å². The molecule has 1 fully saturated rings. The standard InChI is InChI=1S/C33H26F6O3/c1-2-3-4-20-5-12-25(13-6-20)33(38,39)42-26-18-40-32(41-19-26)22-9-7-21(8-10-22)23-11-14-27(28(34)15-23)24-16-29(35)31(37)30(36)17-24/h2,5-17,26,32H,1,3-4,18-19H2. The van der Waals surface area contributed by atoms with E-state index in [9.17, 15) is 26.3 Å². The first-order valence-electron chi connectivity index (χ1n) is 13.2. The van der Waals surface area contributed by atoms with Gasteiger partial charge in [-0.1, -0.05) is 66.7 Å². The van der Waals surface area contributed by atoms with Crippen molar-refractivity contribution in [3.05, 3.63) is 131 Å². The van der Waals surface area contributed by atoms with Gasteiger partial charge in [0.2, 0.25) is 0 Å². The summed E-state index contributed by atoms with van der Waals surface area (Å²) in [6.45, 7) is 3.43. The number of rotatable bonds is 9. The Kier molecular flexibility index (Phi) is 8.82. The molecule has 0 aromatic heterocycles. The lowest BCUT2D eigenvalue weighted by atomic mass is 9.98. The highest BCUT2D eigenvalue weighted by Crippen LogP contribution is 2.35. The Balaban J connectivity index is 1.19. The lowest BCUT2D eigenvalue weighted by molar-refractivity contribution is -0.320. The van der Waals surface area contributed by atoms with Gasteiger partial charge in [-0.2, -0.15) is 8.78 Å². The van der Waals surface area contributed by atoms with E-state index in [2.05, 4.69) is 6.58 Å². The first-order chi connectivity index (χ1) is 20.1. The minimum Gasteiger partial charge on any atom is -0.346 e. The van der Waals surface area contributed by atoms with Crippen LogP contribution in [0.5, 0.6) is 0 Å². The average Bonchev–Trinajstić information content (AvgIpc) is 2.99. The number of alkyl halides is 2. The van der Waals surface area contributed by atoms with Gasteiger partial charge >= 0.3 is 6.11 Å². The molecule has 1 heterocycles. The number of hydrogen-bond acceptors (Lipinski definition) is 3. The summed E-state index contributed by atoms with van der Waals surface area (Å²) in [5, 5.41) is 0. The Morgan fingerprint density at radius 3 is 1.95 bits per heavy atom. The summed E-state index contributed by atoms with van der Waals surface area (Å²) in [5.74, 6) is -5.18. The van der Waals surface area contributed by atoms with E-state index in [1.807, 2.05) is 0 Å². The summed E-state index contributed by atoms with van der Waals surface area (Å²) in [4.78, 5) is 0. The van der Waals surface area contributed by atoms with Crippen LogP contribution in [0.2, 0.25) is 0 Å². The Labute approximate surface area is 239 Å². The van der Waals surface area contributed by atoms with Crippen LogP contribution in [0.15, 0.2) is 91.5 Å². The summed E-state index contributed by atoms with van der Waals surface area (Å²) in [5.41, 5.74) is 2.19. The predicted molar refractivity (Wildman–Crippen MR) is 146 cm³/mol. The Hall–Kier alpha value is -3.92. The van der Waals surface area contributed by atoms with Gasteiger partial charge in [0, 0.05) is 11.1 Å². The lowest BCUT2D eigenvalue weighted by Gasteiger charge is -2.32. The van der Waals surface area contributed by atoms with Crippen molar-refractivity contribution in [2.24, 2.45) is 0 Å². The second-order valence-electron chi connectivity index (χ2n) is 9.85. The number of aryl methyl sites for hydroxylation is 1. The molecule has 1 saturated heterocycles. The van der Waals surface area contributed by atoms with Gasteiger partial charge in [-0.05, 0) is 53.3 Å². The van der Waals surface area contributed by atoms with Crippen molar-refractivity contribution >= 4 is 0 Å². The normalized spacial score (nSPS) is 17.3. The third-order valence-electron chi connectivity index (χ3n) is 6.89. The molecule has 5 rings (SSSR count). The van der Waals surface area contributed by atoms with E-state index >= 15 is 0 Å². The molecule has 0 atom stereocenters. The largest absolute Gasteiger partial charge is 0.383 e. The molecule has 1 aliphatic heterocycles. The van der Waals surface area contributed by atoms with Crippen LogP contribution in [0.4, 0.5) is 26.3 Å². The monoisotopic (exact) mass is 584 g/mol.